The number of hydrogen-bond donors (Lipinski definition) is 0. The Kier molecular flexibility index (Phi) is 7.97. The molecule has 1 heterocycles. The van der Waals surface area contributed by atoms with Crippen LogP contribution in [0.1, 0.15) is 27.8 Å². The molecule has 41 heavy (non-hydrogen) atoms. The first-order chi connectivity index (χ1) is 20.1. The molecular weight excluding hydrogens is 524 g/mol. The van der Waals surface area contributed by atoms with Crippen LogP contribution in [0.2, 0.25) is 0 Å². The molecule has 0 atom stereocenters. The van der Waals surface area contributed by atoms with Crippen molar-refractivity contribution in [3.8, 4) is 5.75 Å². The molecule has 202 valence electrons. The third kappa shape index (κ3) is 6.26. The van der Waals surface area contributed by atoms with Crippen LogP contribution in [0.3, 0.4) is 0 Å². The topological polar surface area (TPSA) is 41.9 Å². The SMILES string of the molecule is Cc1ccc(COc2ccc3ccccc3c2/C=C2/SC(=NCc3ccccc3)N(Cc3ccccc3)C2=O)cc1. The van der Waals surface area contributed by atoms with Crippen LogP contribution in [0.15, 0.2) is 131 Å². The van der Waals surface area contributed by atoms with Crippen LogP contribution < -0.4 is 4.74 Å². The first kappa shape index (κ1) is 26.6. The van der Waals surface area contributed by atoms with Crippen LogP contribution in [-0.4, -0.2) is 16.0 Å². The molecule has 1 saturated heterocycles. The maximum Gasteiger partial charge on any atom is 0.267 e. The highest BCUT2D eigenvalue weighted by Crippen LogP contribution is 2.38. The molecule has 4 nitrogen and oxygen atoms in total. The zero-order valence-corrected chi connectivity index (χ0v) is 23.7. The van der Waals surface area contributed by atoms with Crippen LogP contribution >= 0.6 is 11.8 Å². The van der Waals surface area contributed by atoms with Gasteiger partial charge in [-0.3, -0.25) is 14.7 Å². The quantitative estimate of drug-likeness (QED) is 0.181. The maximum absolute atomic E-state index is 13.9. The molecule has 1 amide bonds. The second-order valence-electron chi connectivity index (χ2n) is 10.0. The normalized spacial score (nSPS) is 15.2. The van der Waals surface area contributed by atoms with E-state index in [0.717, 1.165) is 38.8 Å². The second-order valence-corrected chi connectivity index (χ2v) is 11.1. The summed E-state index contributed by atoms with van der Waals surface area (Å²) in [4.78, 5) is 21.2. The van der Waals surface area contributed by atoms with Gasteiger partial charge >= 0.3 is 0 Å². The van der Waals surface area contributed by atoms with E-state index < -0.39 is 0 Å². The summed E-state index contributed by atoms with van der Waals surface area (Å²) in [6.07, 6.45) is 1.98. The largest absolute Gasteiger partial charge is 0.488 e. The van der Waals surface area contributed by atoms with Gasteiger partial charge in [-0.25, -0.2) is 0 Å². The molecule has 1 fully saturated rings. The van der Waals surface area contributed by atoms with E-state index in [2.05, 4.69) is 61.5 Å². The van der Waals surface area contributed by atoms with E-state index in [1.165, 1.54) is 17.3 Å². The molecule has 0 N–H and O–H groups in total. The predicted molar refractivity (Wildman–Crippen MR) is 170 cm³/mol. The van der Waals surface area contributed by atoms with E-state index in [0.29, 0.717) is 29.8 Å². The molecular formula is C36H30N2O2S. The Morgan fingerprint density at radius 3 is 2.20 bits per heavy atom. The molecule has 6 rings (SSSR count). The van der Waals surface area contributed by atoms with Crippen molar-refractivity contribution in [3.05, 3.63) is 154 Å². The van der Waals surface area contributed by atoms with Gasteiger partial charge in [0, 0.05) is 5.56 Å². The number of ether oxygens (including phenoxy) is 1. The number of amidine groups is 1. The standard InChI is InChI=1S/C36H30N2O2S/c1-26-16-18-29(19-17-26)25-40-33-21-20-30-14-8-9-15-31(30)32(33)22-34-35(39)38(24-28-12-6-3-7-13-28)36(41-34)37-23-27-10-4-2-5-11-27/h2-22H,23-25H2,1H3/b34-22+,37-36?. The molecule has 0 unspecified atom stereocenters. The van der Waals surface area contributed by atoms with Crippen LogP contribution in [-0.2, 0) is 24.5 Å². The van der Waals surface area contributed by atoms with Gasteiger partial charge in [0.2, 0.25) is 0 Å². The highest BCUT2D eigenvalue weighted by molar-refractivity contribution is 8.18. The summed E-state index contributed by atoms with van der Waals surface area (Å²) >= 11 is 1.43. The Balaban J connectivity index is 1.36. The van der Waals surface area contributed by atoms with Crippen molar-refractivity contribution in [1.82, 2.24) is 4.90 Å². The van der Waals surface area contributed by atoms with E-state index in [9.17, 15) is 4.79 Å². The minimum atomic E-state index is -0.0527. The molecule has 5 aromatic rings. The number of aryl methyl sites for hydroxylation is 1. The number of nitrogens with zero attached hydrogens (tertiary/aromatic N) is 2. The number of thioether (sulfide) groups is 1. The molecule has 5 heteroatoms. The second kappa shape index (κ2) is 12.3. The van der Waals surface area contributed by atoms with Crippen molar-refractivity contribution < 1.29 is 9.53 Å². The monoisotopic (exact) mass is 554 g/mol. The highest BCUT2D eigenvalue weighted by Gasteiger charge is 2.33. The first-order valence-electron chi connectivity index (χ1n) is 13.7. The Morgan fingerprint density at radius 2 is 1.44 bits per heavy atom. The third-order valence-corrected chi connectivity index (χ3v) is 8.08. The van der Waals surface area contributed by atoms with Crippen molar-refractivity contribution in [2.45, 2.75) is 26.6 Å². The fourth-order valence-corrected chi connectivity index (χ4v) is 5.76. The van der Waals surface area contributed by atoms with Crippen LogP contribution in [0.25, 0.3) is 16.8 Å². The predicted octanol–water partition coefficient (Wildman–Crippen LogP) is 8.40. The molecule has 0 radical (unpaired) electrons. The van der Waals surface area contributed by atoms with E-state index >= 15 is 0 Å². The van der Waals surface area contributed by atoms with Gasteiger partial charge in [0.15, 0.2) is 5.17 Å². The summed E-state index contributed by atoms with van der Waals surface area (Å²) in [5, 5.41) is 2.84. The van der Waals surface area contributed by atoms with E-state index in [4.69, 9.17) is 9.73 Å². The summed E-state index contributed by atoms with van der Waals surface area (Å²) in [5.74, 6) is 0.692. The number of benzene rings is 5. The Morgan fingerprint density at radius 1 is 0.756 bits per heavy atom. The van der Waals surface area contributed by atoms with Crippen molar-refractivity contribution in [1.29, 1.82) is 0 Å². The first-order valence-corrected chi connectivity index (χ1v) is 14.5. The smallest absolute Gasteiger partial charge is 0.267 e. The fourth-order valence-electron chi connectivity index (χ4n) is 4.80. The minimum Gasteiger partial charge on any atom is -0.488 e. The molecule has 0 aromatic heterocycles. The lowest BCUT2D eigenvalue weighted by Crippen LogP contribution is -2.28. The average molecular weight is 555 g/mol. The lowest BCUT2D eigenvalue weighted by Gasteiger charge is -2.16. The minimum absolute atomic E-state index is 0.0527. The number of rotatable bonds is 8. The Hall–Kier alpha value is -4.61. The van der Waals surface area contributed by atoms with Crippen molar-refractivity contribution in [2.24, 2.45) is 4.99 Å². The zero-order valence-electron chi connectivity index (χ0n) is 22.9. The Bertz CT molecular complexity index is 1730. The van der Waals surface area contributed by atoms with Gasteiger partial charge in [-0.1, -0.05) is 121 Å². The molecule has 1 aliphatic rings. The van der Waals surface area contributed by atoms with Crippen molar-refractivity contribution in [3.63, 3.8) is 0 Å². The van der Waals surface area contributed by atoms with Gasteiger partial charge in [0.05, 0.1) is 18.0 Å². The molecule has 0 spiro atoms. The van der Waals surface area contributed by atoms with Gasteiger partial charge in [0.25, 0.3) is 5.91 Å². The van der Waals surface area contributed by atoms with Crippen molar-refractivity contribution >= 4 is 39.7 Å². The summed E-state index contributed by atoms with van der Waals surface area (Å²) in [5.41, 5.74) is 5.37. The summed E-state index contributed by atoms with van der Waals surface area (Å²) < 4.78 is 6.36. The summed E-state index contributed by atoms with van der Waals surface area (Å²) in [6.45, 7) is 3.49. The number of fused-ring (bicyclic) bond motifs is 1. The summed E-state index contributed by atoms with van der Waals surface area (Å²) in [6, 6.07) is 40.8. The number of carbonyl (C=O) groups excluding carboxylic acids is 1. The molecule has 0 aliphatic carbocycles. The van der Waals surface area contributed by atoms with Crippen LogP contribution in [0.4, 0.5) is 0 Å². The average Bonchev–Trinajstić information content (AvgIpc) is 3.30. The number of carbonyl (C=O) groups is 1. The lowest BCUT2D eigenvalue weighted by atomic mass is 10.0. The third-order valence-electron chi connectivity index (χ3n) is 7.03. The highest BCUT2D eigenvalue weighted by atomic mass is 32.2. The summed E-state index contributed by atoms with van der Waals surface area (Å²) in [7, 11) is 0. The van der Waals surface area contributed by atoms with Gasteiger partial charge in [-0.15, -0.1) is 0 Å². The van der Waals surface area contributed by atoms with E-state index in [-0.39, 0.29) is 5.91 Å². The molecule has 0 bridgehead atoms. The number of aliphatic imine (C=N–C) groups is 1. The van der Waals surface area contributed by atoms with Gasteiger partial charge in [-0.05, 0) is 58.3 Å². The number of amides is 1. The Labute approximate surface area is 245 Å². The van der Waals surface area contributed by atoms with Gasteiger partial charge < -0.3 is 4.74 Å². The zero-order chi connectivity index (χ0) is 28.0. The fraction of sp³-hybridized carbons (Fsp3) is 0.111. The van der Waals surface area contributed by atoms with Crippen LogP contribution in [0.5, 0.6) is 5.75 Å². The van der Waals surface area contributed by atoms with Crippen molar-refractivity contribution in [2.75, 3.05) is 0 Å². The van der Waals surface area contributed by atoms with Gasteiger partial charge in [0.1, 0.15) is 12.4 Å². The van der Waals surface area contributed by atoms with E-state index in [1.54, 1.807) is 4.90 Å². The lowest BCUT2D eigenvalue weighted by molar-refractivity contribution is -0.122. The maximum atomic E-state index is 13.9. The van der Waals surface area contributed by atoms with E-state index in [1.807, 2.05) is 72.8 Å². The molecule has 5 aromatic carbocycles. The van der Waals surface area contributed by atoms with Crippen LogP contribution in [0, 0.1) is 6.92 Å². The molecule has 0 saturated carbocycles. The van der Waals surface area contributed by atoms with Gasteiger partial charge in [-0.2, -0.15) is 0 Å². The number of hydrogen-bond acceptors (Lipinski definition) is 4. The molecule has 1 aliphatic heterocycles.